The van der Waals surface area contributed by atoms with Crippen molar-refractivity contribution in [2.24, 2.45) is 0 Å². The summed E-state index contributed by atoms with van der Waals surface area (Å²) in [7, 11) is 1.72. The lowest BCUT2D eigenvalue weighted by Gasteiger charge is -2.09. The van der Waals surface area contributed by atoms with Crippen molar-refractivity contribution in [3.63, 3.8) is 0 Å². The lowest BCUT2D eigenvalue weighted by atomic mass is 10.2. The smallest absolute Gasteiger partial charge is 0.0487 e. The summed E-state index contributed by atoms with van der Waals surface area (Å²) in [5.74, 6) is 0. The largest absolute Gasteiger partial charge is 0.385 e. The van der Waals surface area contributed by atoms with Gasteiger partial charge in [0.25, 0.3) is 0 Å². The quantitative estimate of drug-likeness (QED) is 0.819. The Kier molecular flexibility index (Phi) is 4.98. The molecule has 0 saturated carbocycles. The molecule has 14 heavy (non-hydrogen) atoms. The van der Waals surface area contributed by atoms with Gasteiger partial charge in [0.15, 0.2) is 0 Å². The SMILES string of the molecule is COCCCNc1cccc(C)c1Br. The third kappa shape index (κ3) is 3.31. The van der Waals surface area contributed by atoms with Crippen LogP contribution in [0.25, 0.3) is 0 Å². The predicted octanol–water partition coefficient (Wildman–Crippen LogP) is 3.21. The van der Waals surface area contributed by atoms with Crippen molar-refractivity contribution in [1.82, 2.24) is 0 Å². The fraction of sp³-hybridized carbons (Fsp3) is 0.455. The van der Waals surface area contributed by atoms with E-state index in [0.29, 0.717) is 0 Å². The summed E-state index contributed by atoms with van der Waals surface area (Å²) < 4.78 is 6.13. The third-order valence-electron chi connectivity index (χ3n) is 2.03. The van der Waals surface area contributed by atoms with Crippen LogP contribution in [-0.2, 0) is 4.74 Å². The van der Waals surface area contributed by atoms with Gasteiger partial charge in [0, 0.05) is 30.4 Å². The molecule has 1 N–H and O–H groups in total. The summed E-state index contributed by atoms with van der Waals surface area (Å²) in [6.45, 7) is 3.83. The van der Waals surface area contributed by atoms with Crippen molar-refractivity contribution in [2.75, 3.05) is 25.6 Å². The average molecular weight is 258 g/mol. The van der Waals surface area contributed by atoms with Crippen molar-refractivity contribution in [1.29, 1.82) is 0 Å². The normalized spacial score (nSPS) is 10.2. The molecule has 0 aliphatic heterocycles. The minimum Gasteiger partial charge on any atom is -0.385 e. The predicted molar refractivity (Wildman–Crippen MR) is 63.9 cm³/mol. The van der Waals surface area contributed by atoms with Crippen LogP contribution in [0, 0.1) is 6.92 Å². The van der Waals surface area contributed by atoms with Crippen LogP contribution in [0.2, 0.25) is 0 Å². The Hall–Kier alpha value is -0.540. The molecule has 78 valence electrons. The minimum absolute atomic E-state index is 0.802. The first kappa shape index (κ1) is 11.5. The molecule has 0 heterocycles. The molecule has 0 spiro atoms. The van der Waals surface area contributed by atoms with Crippen LogP contribution in [0.5, 0.6) is 0 Å². The molecule has 0 radical (unpaired) electrons. The molecule has 0 fully saturated rings. The Balaban J connectivity index is 2.46. The molecule has 0 aliphatic rings. The lowest BCUT2D eigenvalue weighted by Crippen LogP contribution is -2.05. The summed E-state index contributed by atoms with van der Waals surface area (Å²) in [5, 5.41) is 3.36. The fourth-order valence-electron chi connectivity index (χ4n) is 1.22. The van der Waals surface area contributed by atoms with Crippen LogP contribution in [-0.4, -0.2) is 20.3 Å². The molecule has 1 aromatic carbocycles. The van der Waals surface area contributed by atoms with Gasteiger partial charge in [-0.05, 0) is 40.9 Å². The van der Waals surface area contributed by atoms with E-state index >= 15 is 0 Å². The zero-order chi connectivity index (χ0) is 10.4. The Morgan fingerprint density at radius 1 is 1.43 bits per heavy atom. The third-order valence-corrected chi connectivity index (χ3v) is 3.09. The van der Waals surface area contributed by atoms with Gasteiger partial charge in [0.2, 0.25) is 0 Å². The molecule has 0 atom stereocenters. The number of rotatable bonds is 5. The lowest BCUT2D eigenvalue weighted by molar-refractivity contribution is 0.198. The summed E-state index contributed by atoms with van der Waals surface area (Å²) >= 11 is 3.56. The number of ether oxygens (including phenoxy) is 1. The second-order valence-electron chi connectivity index (χ2n) is 3.21. The molecule has 0 bridgehead atoms. The molecule has 2 nitrogen and oxygen atoms in total. The topological polar surface area (TPSA) is 21.3 Å². The van der Waals surface area contributed by atoms with Gasteiger partial charge in [-0.1, -0.05) is 12.1 Å². The Morgan fingerprint density at radius 2 is 2.21 bits per heavy atom. The van der Waals surface area contributed by atoms with Crippen LogP contribution >= 0.6 is 15.9 Å². The molecule has 1 aromatic rings. The van der Waals surface area contributed by atoms with Crippen molar-refractivity contribution in [3.8, 4) is 0 Å². The number of hydrogen-bond acceptors (Lipinski definition) is 2. The maximum Gasteiger partial charge on any atom is 0.0487 e. The first-order valence-corrected chi connectivity index (χ1v) is 5.53. The van der Waals surface area contributed by atoms with Gasteiger partial charge in [-0.15, -0.1) is 0 Å². The van der Waals surface area contributed by atoms with Crippen molar-refractivity contribution < 1.29 is 4.74 Å². The van der Waals surface area contributed by atoms with Gasteiger partial charge >= 0.3 is 0 Å². The second-order valence-corrected chi connectivity index (χ2v) is 4.00. The fourth-order valence-corrected chi connectivity index (χ4v) is 1.63. The minimum atomic E-state index is 0.802. The van der Waals surface area contributed by atoms with E-state index in [1.807, 2.05) is 0 Å². The van der Waals surface area contributed by atoms with Crippen molar-refractivity contribution in [2.45, 2.75) is 13.3 Å². The van der Waals surface area contributed by atoms with Crippen LogP contribution < -0.4 is 5.32 Å². The first-order valence-electron chi connectivity index (χ1n) is 4.73. The Labute approximate surface area is 93.8 Å². The van der Waals surface area contributed by atoms with Crippen LogP contribution in [0.3, 0.4) is 0 Å². The van der Waals surface area contributed by atoms with E-state index in [0.717, 1.165) is 29.7 Å². The summed E-state index contributed by atoms with van der Waals surface area (Å²) in [6, 6.07) is 6.22. The molecule has 1 rings (SSSR count). The Morgan fingerprint density at radius 3 is 2.93 bits per heavy atom. The number of anilines is 1. The van der Waals surface area contributed by atoms with E-state index in [1.165, 1.54) is 5.56 Å². The van der Waals surface area contributed by atoms with Gasteiger partial charge in [0.05, 0.1) is 0 Å². The molecule has 0 amide bonds. The maximum atomic E-state index is 4.98. The van der Waals surface area contributed by atoms with E-state index < -0.39 is 0 Å². The van der Waals surface area contributed by atoms with Gasteiger partial charge in [-0.3, -0.25) is 0 Å². The molecule has 0 saturated heterocycles. The second kappa shape index (κ2) is 6.04. The number of benzene rings is 1. The molecule has 3 heteroatoms. The number of aryl methyl sites for hydroxylation is 1. The zero-order valence-electron chi connectivity index (χ0n) is 8.64. The van der Waals surface area contributed by atoms with E-state index in [9.17, 15) is 0 Å². The summed E-state index contributed by atoms with van der Waals surface area (Å²) in [5.41, 5.74) is 2.41. The maximum absolute atomic E-state index is 4.98. The monoisotopic (exact) mass is 257 g/mol. The summed E-state index contributed by atoms with van der Waals surface area (Å²) in [4.78, 5) is 0. The molecular formula is C11H16BrNO. The van der Waals surface area contributed by atoms with E-state index in [1.54, 1.807) is 7.11 Å². The van der Waals surface area contributed by atoms with Crippen LogP contribution in [0.1, 0.15) is 12.0 Å². The molecule has 0 aromatic heterocycles. The average Bonchev–Trinajstić information content (AvgIpc) is 2.19. The van der Waals surface area contributed by atoms with Gasteiger partial charge < -0.3 is 10.1 Å². The van der Waals surface area contributed by atoms with Crippen LogP contribution in [0.15, 0.2) is 22.7 Å². The van der Waals surface area contributed by atoms with E-state index in [-0.39, 0.29) is 0 Å². The Bertz CT molecular complexity index is 289. The highest BCUT2D eigenvalue weighted by Gasteiger charge is 2.00. The molecule has 0 unspecified atom stereocenters. The van der Waals surface area contributed by atoms with E-state index in [2.05, 4.69) is 46.4 Å². The molecular weight excluding hydrogens is 242 g/mol. The van der Waals surface area contributed by atoms with Crippen molar-refractivity contribution >= 4 is 21.6 Å². The highest BCUT2D eigenvalue weighted by Crippen LogP contribution is 2.25. The molecule has 0 aliphatic carbocycles. The van der Waals surface area contributed by atoms with E-state index in [4.69, 9.17) is 4.74 Å². The highest BCUT2D eigenvalue weighted by atomic mass is 79.9. The number of nitrogens with one attached hydrogen (secondary N) is 1. The standard InChI is InChI=1S/C11H16BrNO/c1-9-5-3-6-10(11(9)12)13-7-4-8-14-2/h3,5-6,13H,4,7-8H2,1-2H3. The number of methoxy groups -OCH3 is 1. The summed E-state index contributed by atoms with van der Waals surface area (Å²) in [6.07, 6.45) is 1.02. The van der Waals surface area contributed by atoms with Gasteiger partial charge in [-0.25, -0.2) is 0 Å². The van der Waals surface area contributed by atoms with Crippen LogP contribution in [0.4, 0.5) is 5.69 Å². The number of halogens is 1. The van der Waals surface area contributed by atoms with Gasteiger partial charge in [0.1, 0.15) is 0 Å². The van der Waals surface area contributed by atoms with Crippen molar-refractivity contribution in [3.05, 3.63) is 28.2 Å². The number of hydrogen-bond donors (Lipinski definition) is 1. The van der Waals surface area contributed by atoms with Gasteiger partial charge in [-0.2, -0.15) is 0 Å². The highest BCUT2D eigenvalue weighted by molar-refractivity contribution is 9.10. The zero-order valence-corrected chi connectivity index (χ0v) is 10.2. The first-order chi connectivity index (χ1) is 6.75.